The maximum absolute atomic E-state index is 14.2. The molecular weight excluding hydrogens is 433 g/mol. The number of aliphatic carboxylic acids is 1. The van der Waals surface area contributed by atoms with Gasteiger partial charge < -0.3 is 20.6 Å². The summed E-state index contributed by atoms with van der Waals surface area (Å²) in [5, 5.41) is 20.4. The molecule has 158 valence electrons. The van der Waals surface area contributed by atoms with E-state index in [1.807, 2.05) is 0 Å². The van der Waals surface area contributed by atoms with Gasteiger partial charge in [-0.15, -0.1) is 5.10 Å². The van der Waals surface area contributed by atoms with Gasteiger partial charge in [0.1, 0.15) is 5.82 Å². The van der Waals surface area contributed by atoms with E-state index in [9.17, 15) is 9.18 Å². The molecule has 2 aliphatic rings. The molecule has 2 fully saturated rings. The molecule has 9 nitrogen and oxygen atoms in total. The summed E-state index contributed by atoms with van der Waals surface area (Å²) in [4.78, 5) is 19.7. The van der Waals surface area contributed by atoms with E-state index >= 15 is 0 Å². The van der Waals surface area contributed by atoms with Gasteiger partial charge >= 0.3 is 5.97 Å². The number of halogens is 2. The Kier molecular flexibility index (Phi) is 5.82. The topological polar surface area (TPSA) is 120 Å². The van der Waals surface area contributed by atoms with Gasteiger partial charge in [0.25, 0.3) is 0 Å². The lowest BCUT2D eigenvalue weighted by Crippen LogP contribution is -2.29. The van der Waals surface area contributed by atoms with Gasteiger partial charge in [0.15, 0.2) is 17.5 Å². The molecule has 0 spiro atoms. The van der Waals surface area contributed by atoms with Gasteiger partial charge in [-0.1, -0.05) is 22.9 Å². The highest BCUT2D eigenvalue weighted by molar-refractivity contribution is 7.17. The van der Waals surface area contributed by atoms with Crippen LogP contribution in [-0.2, 0) is 4.79 Å². The van der Waals surface area contributed by atoms with Gasteiger partial charge in [-0.25, -0.2) is 9.37 Å². The minimum absolute atomic E-state index is 0.134. The minimum atomic E-state index is -1.09. The number of amidine groups is 1. The molecule has 2 saturated heterocycles. The number of carboxylic acid groups (broad SMARTS) is 1. The van der Waals surface area contributed by atoms with Crippen LogP contribution in [0.2, 0.25) is 5.02 Å². The molecule has 2 aromatic rings. The molecule has 0 bridgehead atoms. The van der Waals surface area contributed by atoms with E-state index in [0.717, 1.165) is 31.3 Å². The molecule has 3 heterocycles. The number of fused-ring (bicyclic) bond motifs is 1. The van der Waals surface area contributed by atoms with E-state index in [4.69, 9.17) is 22.4 Å². The van der Waals surface area contributed by atoms with Crippen molar-refractivity contribution in [1.29, 1.82) is 0 Å². The molecular formula is C18H19ClFN7O2S. The molecule has 2 aliphatic heterocycles. The van der Waals surface area contributed by atoms with Crippen molar-refractivity contribution in [1.82, 2.24) is 4.98 Å². The lowest BCUT2D eigenvalue weighted by molar-refractivity contribution is -0.135. The average molecular weight is 452 g/mol. The van der Waals surface area contributed by atoms with Crippen LogP contribution in [0.4, 0.5) is 15.2 Å². The molecule has 1 aromatic heterocycles. The first kappa shape index (κ1) is 20.5. The molecule has 2 atom stereocenters. The SMILES string of the molecule is N/C(=N\N=NCC(=O)O)c1cnc(N2CC3CN(c4cc(Cl)ccc4F)CC3C2)s1. The van der Waals surface area contributed by atoms with Crippen LogP contribution < -0.4 is 15.5 Å². The number of benzene rings is 1. The number of thiazole rings is 1. The molecule has 0 radical (unpaired) electrons. The van der Waals surface area contributed by atoms with Crippen molar-refractivity contribution in [2.24, 2.45) is 33.0 Å². The third kappa shape index (κ3) is 4.36. The molecule has 0 aliphatic carbocycles. The molecule has 0 saturated carbocycles. The Morgan fingerprint density at radius 2 is 2.00 bits per heavy atom. The standard InChI is InChI=1S/C18H19ClFN7O2S/c19-12-1-2-13(20)14(3-12)26-6-10-8-27(9-11(10)7-26)18-22-4-15(30-18)17(21)24-25-23-5-16(28)29/h1-4,10-11H,5-9H2,(H,28,29)(H2,21,23,24). The van der Waals surface area contributed by atoms with Crippen molar-refractivity contribution in [3.05, 3.63) is 40.1 Å². The molecule has 3 N–H and O–H groups in total. The van der Waals surface area contributed by atoms with Crippen molar-refractivity contribution in [3.63, 3.8) is 0 Å². The Labute approximate surface area is 180 Å². The van der Waals surface area contributed by atoms with Crippen LogP contribution in [0.15, 0.2) is 39.8 Å². The first-order valence-corrected chi connectivity index (χ1v) is 10.4. The van der Waals surface area contributed by atoms with Crippen LogP contribution in [-0.4, -0.2) is 54.6 Å². The summed E-state index contributed by atoms with van der Waals surface area (Å²) < 4.78 is 14.2. The second-order valence-corrected chi connectivity index (χ2v) is 8.65. The highest BCUT2D eigenvalue weighted by Crippen LogP contribution is 2.38. The molecule has 30 heavy (non-hydrogen) atoms. The predicted octanol–water partition coefficient (Wildman–Crippen LogP) is 2.67. The third-order valence-electron chi connectivity index (χ3n) is 5.17. The summed E-state index contributed by atoms with van der Waals surface area (Å²) >= 11 is 7.43. The summed E-state index contributed by atoms with van der Waals surface area (Å²) in [7, 11) is 0. The van der Waals surface area contributed by atoms with Crippen molar-refractivity contribution >= 4 is 45.6 Å². The number of aromatic nitrogens is 1. The lowest BCUT2D eigenvalue weighted by Gasteiger charge is -2.23. The first-order chi connectivity index (χ1) is 14.4. The van der Waals surface area contributed by atoms with Crippen LogP contribution in [0.3, 0.4) is 0 Å². The fourth-order valence-corrected chi connectivity index (χ4v) is 4.82. The maximum atomic E-state index is 14.2. The second kappa shape index (κ2) is 8.52. The summed E-state index contributed by atoms with van der Waals surface area (Å²) in [6.45, 7) is 2.73. The van der Waals surface area contributed by atoms with Crippen LogP contribution in [0.5, 0.6) is 0 Å². The van der Waals surface area contributed by atoms with Crippen molar-refractivity contribution in [2.75, 3.05) is 42.5 Å². The van der Waals surface area contributed by atoms with Crippen LogP contribution in [0, 0.1) is 17.7 Å². The van der Waals surface area contributed by atoms with E-state index in [1.54, 1.807) is 18.3 Å². The Morgan fingerprint density at radius 1 is 1.30 bits per heavy atom. The molecule has 12 heteroatoms. The van der Waals surface area contributed by atoms with Crippen LogP contribution >= 0.6 is 22.9 Å². The smallest absolute Gasteiger partial charge is 0.327 e. The van der Waals surface area contributed by atoms with E-state index in [1.165, 1.54) is 17.4 Å². The Hall–Kier alpha value is -2.79. The van der Waals surface area contributed by atoms with Crippen LogP contribution in [0.1, 0.15) is 4.88 Å². The zero-order valence-electron chi connectivity index (χ0n) is 15.8. The number of nitrogens with zero attached hydrogens (tertiary/aromatic N) is 6. The quantitative estimate of drug-likeness (QED) is 0.301. The van der Waals surface area contributed by atoms with Gasteiger partial charge in [-0.05, 0) is 23.4 Å². The Balaban J connectivity index is 1.38. The van der Waals surface area contributed by atoms with Gasteiger partial charge in [-0.3, -0.25) is 4.79 Å². The first-order valence-electron chi connectivity index (χ1n) is 9.23. The minimum Gasteiger partial charge on any atom is -0.480 e. The highest BCUT2D eigenvalue weighted by atomic mass is 35.5. The van der Waals surface area contributed by atoms with E-state index < -0.39 is 12.5 Å². The molecule has 1 aromatic carbocycles. The Morgan fingerprint density at radius 3 is 2.70 bits per heavy atom. The van der Waals surface area contributed by atoms with Gasteiger partial charge in [-0.2, -0.15) is 5.11 Å². The summed E-state index contributed by atoms with van der Waals surface area (Å²) in [6, 6.07) is 4.64. The molecule has 2 unspecified atom stereocenters. The zero-order chi connectivity index (χ0) is 21.3. The van der Waals surface area contributed by atoms with Crippen molar-refractivity contribution in [2.45, 2.75) is 0 Å². The number of rotatable bonds is 6. The number of hydrogen-bond donors (Lipinski definition) is 2. The largest absolute Gasteiger partial charge is 0.480 e. The molecule has 0 amide bonds. The predicted molar refractivity (Wildman–Crippen MR) is 113 cm³/mol. The second-order valence-electron chi connectivity index (χ2n) is 7.20. The fraction of sp³-hybridized carbons (Fsp3) is 0.389. The van der Waals surface area contributed by atoms with E-state index in [-0.39, 0.29) is 11.7 Å². The number of hydrogen-bond acceptors (Lipinski definition) is 7. The highest BCUT2D eigenvalue weighted by Gasteiger charge is 2.41. The summed E-state index contributed by atoms with van der Waals surface area (Å²) in [5.74, 6) is -0.395. The van der Waals surface area contributed by atoms with E-state index in [2.05, 4.69) is 30.2 Å². The van der Waals surface area contributed by atoms with Crippen molar-refractivity contribution in [3.8, 4) is 0 Å². The molecule has 4 rings (SSSR count). The maximum Gasteiger partial charge on any atom is 0.327 e. The van der Waals surface area contributed by atoms with Crippen LogP contribution in [0.25, 0.3) is 0 Å². The number of carboxylic acids is 1. The lowest BCUT2D eigenvalue weighted by atomic mass is 10.0. The van der Waals surface area contributed by atoms with Gasteiger partial charge in [0.2, 0.25) is 0 Å². The average Bonchev–Trinajstić information content (AvgIpc) is 3.41. The number of carbonyl (C=O) groups is 1. The van der Waals surface area contributed by atoms with E-state index in [0.29, 0.717) is 27.4 Å². The Bertz CT molecular complexity index is 1000. The van der Waals surface area contributed by atoms with Gasteiger partial charge in [0.05, 0.1) is 16.8 Å². The summed E-state index contributed by atoms with van der Waals surface area (Å²) in [6.07, 6.45) is 1.62. The summed E-state index contributed by atoms with van der Waals surface area (Å²) in [5.41, 5.74) is 6.43. The normalized spacial score (nSPS) is 21.6. The number of anilines is 2. The zero-order valence-corrected chi connectivity index (χ0v) is 17.4. The third-order valence-corrected chi connectivity index (χ3v) is 6.49. The monoisotopic (exact) mass is 451 g/mol. The fourth-order valence-electron chi connectivity index (χ4n) is 3.82. The van der Waals surface area contributed by atoms with Gasteiger partial charge in [0, 0.05) is 43.0 Å². The van der Waals surface area contributed by atoms with Crippen molar-refractivity contribution < 1.29 is 14.3 Å². The number of nitrogens with two attached hydrogens (primary N) is 1.